The number of hydrogen-bond donors (Lipinski definition) is 3. The van der Waals surface area contributed by atoms with Crippen molar-refractivity contribution in [1.29, 1.82) is 0 Å². The Balaban J connectivity index is 2.98. The fourth-order valence-electron chi connectivity index (χ4n) is 1.45. The number of aliphatic carboxylic acids is 2. The molecular formula is C9H12ClN3O6S. The van der Waals surface area contributed by atoms with E-state index in [9.17, 15) is 18.0 Å². The van der Waals surface area contributed by atoms with Gasteiger partial charge >= 0.3 is 11.9 Å². The first-order valence-corrected chi connectivity index (χ1v) is 7.15. The van der Waals surface area contributed by atoms with E-state index < -0.39 is 34.4 Å². The Hall–Kier alpha value is -1.65. The largest absolute Gasteiger partial charge is 0.481 e. The SMILES string of the molecule is Cn1ncc(Cl)c1S(=O)(=O)N[C@@H](CCC(=O)O)C(=O)O. The summed E-state index contributed by atoms with van der Waals surface area (Å²) in [7, 11) is -2.90. The number of sulfonamides is 1. The molecule has 0 amide bonds. The van der Waals surface area contributed by atoms with E-state index in [0.29, 0.717) is 0 Å². The summed E-state index contributed by atoms with van der Waals surface area (Å²) in [5.74, 6) is -2.71. The minimum absolute atomic E-state index is 0.164. The normalized spacial score (nSPS) is 13.1. The molecule has 0 aliphatic rings. The predicted octanol–water partition coefficient (Wildman–Crippen LogP) is -0.330. The zero-order valence-electron chi connectivity index (χ0n) is 10.3. The number of hydrogen-bond acceptors (Lipinski definition) is 5. The molecule has 0 spiro atoms. The topological polar surface area (TPSA) is 139 Å². The highest BCUT2D eigenvalue weighted by Crippen LogP contribution is 2.20. The van der Waals surface area contributed by atoms with Gasteiger partial charge in [0, 0.05) is 13.5 Å². The highest BCUT2D eigenvalue weighted by atomic mass is 35.5. The molecule has 0 saturated heterocycles. The Labute approximate surface area is 119 Å². The Kier molecular flexibility index (Phi) is 5.09. The van der Waals surface area contributed by atoms with Gasteiger partial charge in [0.15, 0.2) is 5.03 Å². The average Bonchev–Trinajstić information content (AvgIpc) is 2.64. The molecule has 0 fully saturated rings. The molecule has 11 heteroatoms. The van der Waals surface area contributed by atoms with E-state index in [1.807, 2.05) is 4.72 Å². The average molecular weight is 326 g/mol. The molecule has 1 rings (SSSR count). The summed E-state index contributed by atoms with van der Waals surface area (Å²) in [6.07, 6.45) is 0.223. The molecule has 3 N–H and O–H groups in total. The summed E-state index contributed by atoms with van der Waals surface area (Å²) in [6.45, 7) is 0. The highest BCUT2D eigenvalue weighted by molar-refractivity contribution is 7.89. The Bertz CT molecular complexity index is 606. The van der Waals surface area contributed by atoms with Gasteiger partial charge in [-0.15, -0.1) is 0 Å². The summed E-state index contributed by atoms with van der Waals surface area (Å²) in [4.78, 5) is 21.4. The summed E-state index contributed by atoms with van der Waals surface area (Å²) < 4.78 is 26.9. The minimum Gasteiger partial charge on any atom is -0.481 e. The summed E-state index contributed by atoms with van der Waals surface area (Å²) in [6, 6.07) is -1.57. The van der Waals surface area contributed by atoms with Crippen molar-refractivity contribution in [2.75, 3.05) is 0 Å². The number of nitrogens with zero attached hydrogens (tertiary/aromatic N) is 2. The van der Waals surface area contributed by atoms with Gasteiger partial charge in [0.1, 0.15) is 6.04 Å². The van der Waals surface area contributed by atoms with Gasteiger partial charge < -0.3 is 10.2 Å². The first-order valence-electron chi connectivity index (χ1n) is 5.29. The minimum atomic E-state index is -4.23. The number of carboxylic acid groups (broad SMARTS) is 2. The van der Waals surface area contributed by atoms with Crippen LogP contribution in [0.5, 0.6) is 0 Å². The van der Waals surface area contributed by atoms with Crippen molar-refractivity contribution < 1.29 is 28.2 Å². The van der Waals surface area contributed by atoms with Gasteiger partial charge in [0.2, 0.25) is 0 Å². The number of carboxylic acids is 2. The van der Waals surface area contributed by atoms with Gasteiger partial charge in [-0.2, -0.15) is 9.82 Å². The first-order chi connectivity index (χ1) is 9.15. The van der Waals surface area contributed by atoms with E-state index in [-0.39, 0.29) is 16.5 Å². The maximum atomic E-state index is 12.0. The molecule has 9 nitrogen and oxygen atoms in total. The van der Waals surface area contributed by atoms with E-state index in [1.54, 1.807) is 0 Å². The van der Waals surface area contributed by atoms with Crippen LogP contribution >= 0.6 is 11.6 Å². The van der Waals surface area contributed by atoms with Crippen molar-refractivity contribution in [1.82, 2.24) is 14.5 Å². The highest BCUT2D eigenvalue weighted by Gasteiger charge is 2.29. The van der Waals surface area contributed by atoms with Gasteiger partial charge in [-0.25, -0.2) is 8.42 Å². The molecule has 0 bridgehead atoms. The van der Waals surface area contributed by atoms with Crippen LogP contribution in [0.1, 0.15) is 12.8 Å². The number of rotatable bonds is 7. The van der Waals surface area contributed by atoms with Crippen LogP contribution in [0.2, 0.25) is 5.02 Å². The summed E-state index contributed by atoms with van der Waals surface area (Å²) >= 11 is 5.68. The molecule has 0 radical (unpaired) electrons. The number of halogens is 1. The van der Waals surface area contributed by atoms with Crippen molar-refractivity contribution in [3.8, 4) is 0 Å². The summed E-state index contributed by atoms with van der Waals surface area (Å²) in [5.41, 5.74) is 0. The van der Waals surface area contributed by atoms with Gasteiger partial charge in [0.05, 0.1) is 11.2 Å². The lowest BCUT2D eigenvalue weighted by atomic mass is 10.2. The van der Waals surface area contributed by atoms with Gasteiger partial charge in [-0.3, -0.25) is 14.3 Å². The lowest BCUT2D eigenvalue weighted by molar-refractivity contribution is -0.140. The van der Waals surface area contributed by atoms with Crippen molar-refractivity contribution in [3.63, 3.8) is 0 Å². The number of aryl methyl sites for hydroxylation is 1. The monoisotopic (exact) mass is 325 g/mol. The molecule has 1 aromatic rings. The second-order valence-corrected chi connectivity index (χ2v) is 5.90. The van der Waals surface area contributed by atoms with Gasteiger partial charge in [-0.1, -0.05) is 11.6 Å². The second kappa shape index (κ2) is 6.20. The molecule has 1 heterocycles. The molecule has 20 heavy (non-hydrogen) atoms. The zero-order chi connectivity index (χ0) is 15.5. The lowest BCUT2D eigenvalue weighted by Crippen LogP contribution is -2.41. The van der Waals surface area contributed by atoms with Crippen molar-refractivity contribution in [2.24, 2.45) is 7.05 Å². The van der Waals surface area contributed by atoms with Crippen LogP contribution in [0.4, 0.5) is 0 Å². The molecule has 0 aliphatic carbocycles. The molecule has 1 atom stereocenters. The van der Waals surface area contributed by atoms with E-state index in [0.717, 1.165) is 10.9 Å². The number of nitrogens with one attached hydrogen (secondary N) is 1. The molecular weight excluding hydrogens is 314 g/mol. The van der Waals surface area contributed by atoms with Crippen LogP contribution in [0.15, 0.2) is 11.2 Å². The van der Waals surface area contributed by atoms with Crippen LogP contribution in [0.3, 0.4) is 0 Å². The quantitative estimate of drug-likeness (QED) is 0.623. The third kappa shape index (κ3) is 3.92. The predicted molar refractivity (Wildman–Crippen MR) is 66.8 cm³/mol. The molecule has 0 aromatic carbocycles. The van der Waals surface area contributed by atoms with Crippen LogP contribution < -0.4 is 4.72 Å². The van der Waals surface area contributed by atoms with Crippen molar-refractivity contribution in [3.05, 3.63) is 11.2 Å². The van der Waals surface area contributed by atoms with E-state index in [4.69, 9.17) is 21.8 Å². The van der Waals surface area contributed by atoms with Crippen LogP contribution in [0, 0.1) is 0 Å². The van der Waals surface area contributed by atoms with Crippen molar-refractivity contribution >= 4 is 33.6 Å². The van der Waals surface area contributed by atoms with Crippen LogP contribution in [-0.4, -0.2) is 46.4 Å². The van der Waals surface area contributed by atoms with E-state index >= 15 is 0 Å². The molecule has 0 unspecified atom stereocenters. The number of aromatic nitrogens is 2. The standard InChI is InChI=1S/C9H12ClN3O6S/c1-13-8(5(10)4-11-13)20(18,19)12-6(9(16)17)2-3-7(14)15/h4,6,12H,2-3H2,1H3,(H,14,15)(H,16,17)/t6-/m0/s1. The van der Waals surface area contributed by atoms with E-state index in [2.05, 4.69) is 5.10 Å². The smallest absolute Gasteiger partial charge is 0.321 e. The first kappa shape index (κ1) is 16.4. The maximum Gasteiger partial charge on any atom is 0.321 e. The summed E-state index contributed by atoms with van der Waals surface area (Å²) in [5, 5.41) is 20.5. The number of carbonyl (C=O) groups is 2. The van der Waals surface area contributed by atoms with Crippen LogP contribution in [-0.2, 0) is 26.7 Å². The van der Waals surface area contributed by atoms with Gasteiger partial charge in [-0.05, 0) is 6.42 Å². The fraction of sp³-hybridized carbons (Fsp3) is 0.444. The third-order valence-corrected chi connectivity index (χ3v) is 4.32. The second-order valence-electron chi connectivity index (χ2n) is 3.87. The molecule has 0 aliphatic heterocycles. The zero-order valence-corrected chi connectivity index (χ0v) is 11.8. The van der Waals surface area contributed by atoms with Gasteiger partial charge in [0.25, 0.3) is 10.0 Å². The van der Waals surface area contributed by atoms with Crippen LogP contribution in [0.25, 0.3) is 0 Å². The molecule has 0 saturated carbocycles. The van der Waals surface area contributed by atoms with E-state index in [1.165, 1.54) is 7.05 Å². The molecule has 112 valence electrons. The molecule has 1 aromatic heterocycles. The fourth-order valence-corrected chi connectivity index (χ4v) is 3.33. The van der Waals surface area contributed by atoms with Crippen molar-refractivity contribution in [2.45, 2.75) is 23.9 Å². The lowest BCUT2D eigenvalue weighted by Gasteiger charge is -2.14. The Morgan fingerprint density at radius 1 is 1.50 bits per heavy atom. The Morgan fingerprint density at radius 2 is 2.10 bits per heavy atom. The Morgan fingerprint density at radius 3 is 2.50 bits per heavy atom. The maximum absolute atomic E-state index is 12.0. The third-order valence-electron chi connectivity index (χ3n) is 2.34.